The van der Waals surface area contributed by atoms with Gasteiger partial charge in [0.15, 0.2) is 17.2 Å². The third kappa shape index (κ3) is 3.88. The molecule has 2 rings (SSSR count). The molecule has 1 aromatic rings. The van der Waals surface area contributed by atoms with E-state index in [-0.39, 0.29) is 5.56 Å². The average Bonchev–Trinajstić information content (AvgIpc) is 2.51. The maximum absolute atomic E-state index is 11.9. The van der Waals surface area contributed by atoms with Crippen LogP contribution in [0.2, 0.25) is 0 Å². The van der Waals surface area contributed by atoms with Gasteiger partial charge < -0.3 is 20.2 Å². The largest absolute Gasteiger partial charge is 0.504 e. The van der Waals surface area contributed by atoms with E-state index in [1.807, 2.05) is 0 Å². The Labute approximate surface area is 128 Å². The van der Waals surface area contributed by atoms with E-state index in [0.717, 1.165) is 56.7 Å². The van der Waals surface area contributed by atoms with Gasteiger partial charge in [0.1, 0.15) is 0 Å². The third-order valence-corrected chi connectivity index (χ3v) is 3.62. The van der Waals surface area contributed by atoms with Crippen molar-refractivity contribution in [1.29, 1.82) is 0 Å². The summed E-state index contributed by atoms with van der Waals surface area (Å²) in [4.78, 5) is 14.3. The number of benzene rings is 1. The minimum Gasteiger partial charge on any atom is -0.504 e. The van der Waals surface area contributed by atoms with Gasteiger partial charge in [-0.15, -0.1) is 0 Å². The van der Waals surface area contributed by atoms with Crippen LogP contribution in [0.5, 0.6) is 17.2 Å². The highest BCUT2D eigenvalue weighted by Crippen LogP contribution is 2.35. The topological polar surface area (TPSA) is 105 Å². The van der Waals surface area contributed by atoms with Crippen LogP contribution >= 0.6 is 0 Å². The summed E-state index contributed by atoms with van der Waals surface area (Å²) in [6.07, 6.45) is 2.75. The Hall–Kier alpha value is -2.28. The Morgan fingerprint density at radius 3 is 2.36 bits per heavy atom. The number of hydrogen-bond acceptors (Lipinski definition) is 6. The van der Waals surface area contributed by atoms with Crippen LogP contribution in [0.4, 0.5) is 0 Å². The lowest BCUT2D eigenvalue weighted by Crippen LogP contribution is -2.35. The lowest BCUT2D eigenvalue weighted by molar-refractivity contribution is 0.0953. The van der Waals surface area contributed by atoms with Gasteiger partial charge in [0.25, 0.3) is 5.91 Å². The lowest BCUT2D eigenvalue weighted by atomic mass is 10.1. The summed E-state index contributed by atoms with van der Waals surface area (Å²) in [5, 5.41) is 32.1. The molecule has 7 nitrogen and oxygen atoms in total. The zero-order valence-electron chi connectivity index (χ0n) is 12.5. The number of aromatic hydroxyl groups is 3. The molecular formula is C15H21N3O4. The monoisotopic (exact) mass is 307 g/mol. The number of piperidine rings is 1. The molecule has 0 bridgehead atoms. The molecule has 0 saturated carbocycles. The molecule has 0 unspecified atom stereocenters. The van der Waals surface area contributed by atoms with E-state index in [1.165, 1.54) is 0 Å². The lowest BCUT2D eigenvalue weighted by Gasteiger charge is -2.26. The second kappa shape index (κ2) is 7.13. The van der Waals surface area contributed by atoms with E-state index >= 15 is 0 Å². The molecule has 1 aromatic carbocycles. The van der Waals surface area contributed by atoms with Crippen molar-refractivity contribution in [2.45, 2.75) is 26.2 Å². The molecule has 0 atom stereocenters. The molecule has 1 heterocycles. The Balaban J connectivity index is 1.94. The maximum atomic E-state index is 11.9. The van der Waals surface area contributed by atoms with Crippen LogP contribution in [0.15, 0.2) is 17.2 Å². The summed E-state index contributed by atoms with van der Waals surface area (Å²) in [5.41, 5.74) is 3.37. The summed E-state index contributed by atoms with van der Waals surface area (Å²) in [7, 11) is 0. The van der Waals surface area contributed by atoms with Crippen LogP contribution in [0.1, 0.15) is 36.5 Å². The Kier molecular flexibility index (Phi) is 5.21. The van der Waals surface area contributed by atoms with Crippen molar-refractivity contribution >= 4 is 11.6 Å². The summed E-state index contributed by atoms with van der Waals surface area (Å²) >= 11 is 0. The summed E-state index contributed by atoms with van der Waals surface area (Å²) in [6, 6.07) is 2.16. The van der Waals surface area contributed by atoms with Crippen LogP contribution in [-0.4, -0.2) is 51.5 Å². The second-order valence-electron chi connectivity index (χ2n) is 5.32. The molecule has 0 aliphatic carbocycles. The van der Waals surface area contributed by atoms with Crippen molar-refractivity contribution in [2.75, 3.05) is 19.6 Å². The highest BCUT2D eigenvalue weighted by Gasteiger charge is 2.16. The summed E-state index contributed by atoms with van der Waals surface area (Å²) < 4.78 is 0. The minimum absolute atomic E-state index is 0.0283. The van der Waals surface area contributed by atoms with Gasteiger partial charge >= 0.3 is 0 Å². The fourth-order valence-electron chi connectivity index (χ4n) is 2.39. The van der Waals surface area contributed by atoms with Crippen molar-refractivity contribution in [3.8, 4) is 17.2 Å². The number of carbonyl (C=O) groups excluding carboxylic acids is 1. The Morgan fingerprint density at radius 2 is 1.82 bits per heavy atom. The van der Waals surface area contributed by atoms with Crippen LogP contribution < -0.4 is 5.43 Å². The Bertz CT molecular complexity index is 553. The fraction of sp³-hybridized carbons (Fsp3) is 0.467. The van der Waals surface area contributed by atoms with E-state index in [2.05, 4.69) is 22.4 Å². The highest BCUT2D eigenvalue weighted by molar-refractivity contribution is 5.96. The van der Waals surface area contributed by atoms with Gasteiger partial charge in [0, 0.05) is 37.2 Å². The molecule has 1 aliphatic rings. The predicted molar refractivity (Wildman–Crippen MR) is 82.3 cm³/mol. The molecule has 1 amide bonds. The van der Waals surface area contributed by atoms with Crippen LogP contribution in [0, 0.1) is 0 Å². The average molecular weight is 307 g/mol. The van der Waals surface area contributed by atoms with Gasteiger partial charge in [-0.1, -0.05) is 6.92 Å². The van der Waals surface area contributed by atoms with Gasteiger partial charge in [-0.2, -0.15) is 5.10 Å². The van der Waals surface area contributed by atoms with E-state index in [9.17, 15) is 20.1 Å². The van der Waals surface area contributed by atoms with E-state index < -0.39 is 23.2 Å². The van der Waals surface area contributed by atoms with Gasteiger partial charge in [-0.25, -0.2) is 5.43 Å². The number of nitrogens with one attached hydrogen (secondary N) is 1. The molecular weight excluding hydrogens is 286 g/mol. The van der Waals surface area contributed by atoms with Crippen molar-refractivity contribution in [3.63, 3.8) is 0 Å². The van der Waals surface area contributed by atoms with Gasteiger partial charge in [0.2, 0.25) is 0 Å². The number of rotatable bonds is 4. The smallest absolute Gasteiger partial charge is 0.271 e. The first-order valence-electron chi connectivity index (χ1n) is 7.34. The molecule has 22 heavy (non-hydrogen) atoms. The molecule has 0 radical (unpaired) electrons. The highest BCUT2D eigenvalue weighted by atomic mass is 16.3. The standard InChI is InChI=1S/C15H21N3O4/c1-2-5-18-6-3-11(4-7-18)16-17-15(22)10-8-12(19)14(21)13(20)9-10/h8-9,19-21H,2-7H2,1H3,(H,17,22). The van der Waals surface area contributed by atoms with Crippen molar-refractivity contribution < 1.29 is 20.1 Å². The molecule has 0 aromatic heterocycles. The van der Waals surface area contributed by atoms with E-state index in [4.69, 9.17) is 0 Å². The normalized spacial score (nSPS) is 15.6. The number of hydrogen-bond donors (Lipinski definition) is 4. The first kappa shape index (κ1) is 16.1. The molecule has 1 aliphatic heterocycles. The maximum Gasteiger partial charge on any atom is 0.271 e. The number of carbonyl (C=O) groups is 1. The molecule has 7 heteroatoms. The molecule has 1 saturated heterocycles. The molecule has 0 spiro atoms. The number of hydrazone groups is 1. The molecule has 1 fully saturated rings. The number of nitrogens with zero attached hydrogens (tertiary/aromatic N) is 2. The summed E-state index contributed by atoms with van der Waals surface area (Å²) in [6.45, 7) is 5.09. The fourth-order valence-corrected chi connectivity index (χ4v) is 2.39. The van der Waals surface area contributed by atoms with Gasteiger partial charge in [-0.05, 0) is 25.1 Å². The van der Waals surface area contributed by atoms with Gasteiger partial charge in [-0.3, -0.25) is 4.79 Å². The van der Waals surface area contributed by atoms with Crippen LogP contribution in [0.25, 0.3) is 0 Å². The summed E-state index contributed by atoms with van der Waals surface area (Å²) in [5.74, 6) is -2.29. The van der Waals surface area contributed by atoms with Crippen molar-refractivity contribution in [2.24, 2.45) is 5.10 Å². The SMILES string of the molecule is CCCN1CCC(=NNC(=O)c2cc(O)c(O)c(O)c2)CC1. The number of likely N-dealkylation sites (tertiary alicyclic amines) is 1. The second-order valence-corrected chi connectivity index (χ2v) is 5.32. The first-order valence-corrected chi connectivity index (χ1v) is 7.34. The van der Waals surface area contributed by atoms with Crippen molar-refractivity contribution in [1.82, 2.24) is 10.3 Å². The minimum atomic E-state index is -0.647. The molecule has 4 N–H and O–H groups in total. The third-order valence-electron chi connectivity index (χ3n) is 3.62. The van der Waals surface area contributed by atoms with Gasteiger partial charge in [0.05, 0.1) is 0 Å². The predicted octanol–water partition coefficient (Wildman–Crippen LogP) is 1.39. The molecule has 120 valence electrons. The quantitative estimate of drug-likeness (QED) is 0.497. The number of phenols is 3. The van der Waals surface area contributed by atoms with Crippen LogP contribution in [-0.2, 0) is 0 Å². The first-order chi connectivity index (χ1) is 10.5. The van der Waals surface area contributed by atoms with Crippen LogP contribution in [0.3, 0.4) is 0 Å². The Morgan fingerprint density at radius 1 is 1.23 bits per heavy atom. The number of phenolic OH excluding ortho intramolecular Hbond substituents is 3. The zero-order chi connectivity index (χ0) is 16.1. The zero-order valence-corrected chi connectivity index (χ0v) is 12.5. The van der Waals surface area contributed by atoms with E-state index in [0.29, 0.717) is 0 Å². The van der Waals surface area contributed by atoms with E-state index in [1.54, 1.807) is 0 Å². The number of amides is 1. The van der Waals surface area contributed by atoms with Crippen molar-refractivity contribution in [3.05, 3.63) is 17.7 Å².